The molecule has 1 aromatic heterocycles. The van der Waals surface area contributed by atoms with Crippen molar-refractivity contribution in [2.24, 2.45) is 5.92 Å². The molecule has 0 saturated heterocycles. The normalized spacial score (nSPS) is 19.4. The molecule has 3 rings (SSSR count). The number of nitrogens with zero attached hydrogens (tertiary/aromatic N) is 1. The summed E-state index contributed by atoms with van der Waals surface area (Å²) in [6, 6.07) is 5.08. The van der Waals surface area contributed by atoms with Crippen LogP contribution in [0.1, 0.15) is 72.5 Å². The van der Waals surface area contributed by atoms with Gasteiger partial charge in [-0.3, -0.25) is 4.79 Å². The van der Waals surface area contributed by atoms with Crippen LogP contribution in [0.25, 0.3) is 0 Å². The van der Waals surface area contributed by atoms with E-state index in [2.05, 4.69) is 10.5 Å². The number of nitrogens with one attached hydrogen (secondary N) is 1. The van der Waals surface area contributed by atoms with Gasteiger partial charge in [0.15, 0.2) is 5.78 Å². The van der Waals surface area contributed by atoms with Crippen LogP contribution in [0, 0.1) is 5.92 Å². The molecule has 0 amide bonds. The van der Waals surface area contributed by atoms with E-state index in [1.165, 1.54) is 6.07 Å². The maximum atomic E-state index is 12.8. The number of aromatic nitrogens is 1. The molecule has 0 bridgehead atoms. The maximum Gasteiger partial charge on any atom is 0.417 e. The lowest BCUT2D eigenvalue weighted by Gasteiger charge is -2.27. The molecule has 0 unspecified atom stereocenters. The number of ketones is 1. The number of aliphatic hydroxyl groups is 1. The number of carbonyl (C=O) groups is 1. The Bertz CT molecular complexity index is 877. The number of benzene rings is 1. The number of carbonyl (C=O) groups excluding carboxylic acids is 1. The number of rotatable bonds is 9. The predicted octanol–water partition coefficient (Wildman–Crippen LogP) is 6.08. The van der Waals surface area contributed by atoms with Crippen LogP contribution in [0.4, 0.5) is 19.1 Å². The Hall–Kier alpha value is -2.06. The second kappa shape index (κ2) is 10.5. The summed E-state index contributed by atoms with van der Waals surface area (Å²) in [5.41, 5.74) is 0.208. The lowest BCUT2D eigenvalue weighted by atomic mass is 9.78. The van der Waals surface area contributed by atoms with Crippen LogP contribution < -0.4 is 5.32 Å². The predicted molar refractivity (Wildman–Crippen MR) is 111 cm³/mol. The zero-order valence-electron chi connectivity index (χ0n) is 17.1. The van der Waals surface area contributed by atoms with E-state index < -0.39 is 16.8 Å². The molecule has 0 atom stereocenters. The monoisotopic (exact) mass is 458 g/mol. The largest absolute Gasteiger partial charge is 0.417 e. The standard InChI is InChI=1S/C22H26ClF3N2O3/c23-18-12-16(7-8-17(18)22(24,25)26)20(30)9-4-14-2-5-15(6-3-14)19-13-21(31-28-19)27-10-1-11-29/h7-8,12-15,27,29H,1-6,9-11H2. The van der Waals surface area contributed by atoms with Gasteiger partial charge in [0.1, 0.15) is 0 Å². The van der Waals surface area contributed by atoms with Crippen molar-refractivity contribution in [2.75, 3.05) is 18.5 Å². The third-order valence-electron chi connectivity index (χ3n) is 5.80. The first-order valence-corrected chi connectivity index (χ1v) is 10.9. The third kappa shape index (κ3) is 6.46. The van der Waals surface area contributed by atoms with Crippen LogP contribution in [0.2, 0.25) is 5.02 Å². The lowest BCUT2D eigenvalue weighted by Crippen LogP contribution is -2.15. The van der Waals surface area contributed by atoms with Crippen molar-refractivity contribution in [2.45, 2.75) is 57.0 Å². The first-order valence-electron chi connectivity index (χ1n) is 10.5. The van der Waals surface area contributed by atoms with Crippen LogP contribution in [-0.4, -0.2) is 29.2 Å². The molecule has 0 radical (unpaired) electrons. The van der Waals surface area contributed by atoms with E-state index in [4.69, 9.17) is 21.2 Å². The maximum absolute atomic E-state index is 12.8. The number of Topliss-reactive ketones (excluding diaryl/α,β-unsaturated/α-hetero) is 1. The van der Waals surface area contributed by atoms with Gasteiger partial charge in [0.25, 0.3) is 0 Å². The molecule has 0 aliphatic heterocycles. The van der Waals surface area contributed by atoms with Gasteiger partial charge in [0.05, 0.1) is 16.3 Å². The van der Waals surface area contributed by atoms with Crippen LogP contribution in [-0.2, 0) is 6.18 Å². The quantitative estimate of drug-likeness (QED) is 0.352. The Balaban J connectivity index is 1.45. The highest BCUT2D eigenvalue weighted by Crippen LogP contribution is 2.38. The highest BCUT2D eigenvalue weighted by Gasteiger charge is 2.33. The molecule has 2 aromatic rings. The summed E-state index contributed by atoms with van der Waals surface area (Å²) in [4.78, 5) is 12.4. The highest BCUT2D eigenvalue weighted by atomic mass is 35.5. The van der Waals surface area contributed by atoms with Gasteiger partial charge in [-0.05, 0) is 56.6 Å². The summed E-state index contributed by atoms with van der Waals surface area (Å²) in [7, 11) is 0. The molecule has 1 saturated carbocycles. The molecule has 5 nitrogen and oxygen atoms in total. The number of aliphatic hydroxyl groups excluding tert-OH is 1. The minimum absolute atomic E-state index is 0.117. The molecule has 9 heteroatoms. The zero-order chi connectivity index (χ0) is 22.4. The lowest BCUT2D eigenvalue weighted by molar-refractivity contribution is -0.137. The van der Waals surface area contributed by atoms with Crippen molar-refractivity contribution in [1.82, 2.24) is 5.16 Å². The number of halogens is 4. The number of anilines is 1. The van der Waals surface area contributed by atoms with Gasteiger partial charge in [0.2, 0.25) is 5.88 Å². The van der Waals surface area contributed by atoms with E-state index in [1.807, 2.05) is 6.07 Å². The number of hydrogen-bond donors (Lipinski definition) is 2. The molecule has 1 fully saturated rings. The van der Waals surface area contributed by atoms with E-state index in [0.717, 1.165) is 43.5 Å². The van der Waals surface area contributed by atoms with Crippen LogP contribution in [0.5, 0.6) is 0 Å². The minimum atomic E-state index is -4.53. The van der Waals surface area contributed by atoms with Crippen molar-refractivity contribution in [3.63, 3.8) is 0 Å². The van der Waals surface area contributed by atoms with Crippen molar-refractivity contribution < 1.29 is 27.6 Å². The van der Waals surface area contributed by atoms with E-state index in [9.17, 15) is 18.0 Å². The Labute approximate surface area is 183 Å². The van der Waals surface area contributed by atoms with Gasteiger partial charge >= 0.3 is 6.18 Å². The Morgan fingerprint density at radius 2 is 1.97 bits per heavy atom. The van der Waals surface area contributed by atoms with Gasteiger partial charge in [-0.1, -0.05) is 22.8 Å². The van der Waals surface area contributed by atoms with Gasteiger partial charge in [-0.2, -0.15) is 13.2 Å². The first-order chi connectivity index (χ1) is 14.8. The van der Waals surface area contributed by atoms with Crippen LogP contribution in [0.3, 0.4) is 0 Å². The van der Waals surface area contributed by atoms with Crippen molar-refractivity contribution in [1.29, 1.82) is 0 Å². The van der Waals surface area contributed by atoms with E-state index in [-0.39, 0.29) is 18.0 Å². The Kier molecular flexibility index (Phi) is 8.00. The number of alkyl halides is 3. The fourth-order valence-corrected chi connectivity index (χ4v) is 4.29. The third-order valence-corrected chi connectivity index (χ3v) is 6.12. The molecular formula is C22H26ClF3N2O3. The fraction of sp³-hybridized carbons (Fsp3) is 0.545. The second-order valence-electron chi connectivity index (χ2n) is 7.99. The van der Waals surface area contributed by atoms with Gasteiger partial charge < -0.3 is 14.9 Å². The van der Waals surface area contributed by atoms with Crippen molar-refractivity contribution in [3.05, 3.63) is 46.1 Å². The second-order valence-corrected chi connectivity index (χ2v) is 8.40. The Morgan fingerprint density at radius 3 is 2.61 bits per heavy atom. The zero-order valence-corrected chi connectivity index (χ0v) is 17.8. The molecule has 1 aliphatic rings. The van der Waals surface area contributed by atoms with Crippen LogP contribution >= 0.6 is 11.6 Å². The average Bonchev–Trinajstić information content (AvgIpc) is 3.20. The molecule has 1 aromatic carbocycles. The highest BCUT2D eigenvalue weighted by molar-refractivity contribution is 6.31. The SMILES string of the molecule is O=C(CCC1CCC(c2cc(NCCCO)on2)CC1)c1ccc(C(F)(F)F)c(Cl)c1. The molecule has 2 N–H and O–H groups in total. The van der Waals surface area contributed by atoms with E-state index in [0.29, 0.717) is 43.5 Å². The smallest absolute Gasteiger partial charge is 0.396 e. The summed E-state index contributed by atoms with van der Waals surface area (Å²) in [6.45, 7) is 0.739. The topological polar surface area (TPSA) is 75.4 Å². The number of hydrogen-bond acceptors (Lipinski definition) is 5. The molecule has 1 heterocycles. The summed E-state index contributed by atoms with van der Waals surface area (Å²) in [6.07, 6.45) is 0.936. The van der Waals surface area contributed by atoms with Crippen molar-refractivity contribution >= 4 is 23.3 Å². The fourth-order valence-electron chi connectivity index (χ4n) is 4.00. The molecule has 0 spiro atoms. The molecule has 1 aliphatic carbocycles. The average molecular weight is 459 g/mol. The summed E-state index contributed by atoms with van der Waals surface area (Å²) in [5.74, 6) is 1.14. The van der Waals surface area contributed by atoms with E-state index in [1.54, 1.807) is 0 Å². The van der Waals surface area contributed by atoms with Crippen molar-refractivity contribution in [3.8, 4) is 0 Å². The molecule has 170 valence electrons. The molecular weight excluding hydrogens is 433 g/mol. The van der Waals surface area contributed by atoms with Gasteiger partial charge in [-0.25, -0.2) is 0 Å². The molecule has 31 heavy (non-hydrogen) atoms. The van der Waals surface area contributed by atoms with Crippen LogP contribution in [0.15, 0.2) is 28.8 Å². The van der Waals surface area contributed by atoms with Gasteiger partial charge in [-0.15, -0.1) is 0 Å². The summed E-state index contributed by atoms with van der Waals surface area (Å²) < 4.78 is 43.7. The van der Waals surface area contributed by atoms with E-state index >= 15 is 0 Å². The minimum Gasteiger partial charge on any atom is -0.396 e. The summed E-state index contributed by atoms with van der Waals surface area (Å²) in [5, 5.41) is 15.6. The Morgan fingerprint density at radius 1 is 1.23 bits per heavy atom. The van der Waals surface area contributed by atoms with Gasteiger partial charge in [0, 0.05) is 37.1 Å². The first kappa shape index (κ1) is 23.6. The summed E-state index contributed by atoms with van der Waals surface area (Å²) >= 11 is 5.72.